The van der Waals surface area contributed by atoms with E-state index in [1.54, 1.807) is 36.5 Å². The lowest BCUT2D eigenvalue weighted by Crippen LogP contribution is -2.16. The molecule has 0 radical (unpaired) electrons. The zero-order valence-corrected chi connectivity index (χ0v) is 17.6. The maximum atomic E-state index is 12.4. The summed E-state index contributed by atoms with van der Waals surface area (Å²) in [4.78, 5) is 33.7. The quantitative estimate of drug-likeness (QED) is 0.594. The van der Waals surface area contributed by atoms with Crippen LogP contribution < -0.4 is 5.32 Å². The molecule has 0 atom stereocenters. The van der Waals surface area contributed by atoms with Crippen molar-refractivity contribution in [2.75, 3.05) is 5.32 Å². The highest BCUT2D eigenvalue weighted by atomic mass is 35.5. The van der Waals surface area contributed by atoms with E-state index in [9.17, 15) is 14.9 Å². The van der Waals surface area contributed by atoms with Gasteiger partial charge in [0.2, 0.25) is 0 Å². The summed E-state index contributed by atoms with van der Waals surface area (Å²) >= 11 is 6.42. The highest BCUT2D eigenvalue weighted by Crippen LogP contribution is 2.46. The van der Waals surface area contributed by atoms with Crippen LogP contribution in [0.2, 0.25) is 5.02 Å². The molecule has 2 aliphatic rings. The number of aliphatic imine (C=N–C) groups is 1. The summed E-state index contributed by atoms with van der Waals surface area (Å²) < 4.78 is 5.12. The zero-order valence-electron chi connectivity index (χ0n) is 16.9. The van der Waals surface area contributed by atoms with Gasteiger partial charge in [0, 0.05) is 40.9 Å². The van der Waals surface area contributed by atoms with Gasteiger partial charge in [-0.3, -0.25) is 9.59 Å². The average molecular weight is 445 g/mol. The zero-order chi connectivity index (χ0) is 22.3. The lowest BCUT2D eigenvalue weighted by Gasteiger charge is -2.08. The number of pyridine rings is 1. The van der Waals surface area contributed by atoms with Crippen molar-refractivity contribution >= 4 is 40.5 Å². The number of anilines is 1. The van der Waals surface area contributed by atoms with Crippen LogP contribution in [-0.4, -0.2) is 22.4 Å². The smallest absolute Gasteiger partial charge is 0.291 e. The minimum Gasteiger partial charge on any atom is -0.459 e. The van der Waals surface area contributed by atoms with Crippen molar-refractivity contribution in [2.45, 2.75) is 25.7 Å². The Morgan fingerprint density at radius 1 is 1.25 bits per heavy atom. The molecule has 1 aromatic carbocycles. The minimum atomic E-state index is -0.797. The molecule has 1 aliphatic heterocycles. The Bertz CT molecular complexity index is 1320. The van der Waals surface area contributed by atoms with Crippen molar-refractivity contribution in [3.63, 3.8) is 0 Å². The van der Waals surface area contributed by atoms with E-state index in [0.717, 1.165) is 16.8 Å². The van der Waals surface area contributed by atoms with Crippen LogP contribution in [0.25, 0.3) is 0 Å². The fraction of sp³-hybridized carbons (Fsp3) is 0.208. The number of rotatable bonds is 6. The van der Waals surface area contributed by atoms with Crippen LogP contribution in [0.1, 0.15) is 40.1 Å². The highest BCUT2D eigenvalue weighted by molar-refractivity contribution is 6.34. The minimum absolute atomic E-state index is 0.0519. The Hall–Kier alpha value is -3.76. The third kappa shape index (κ3) is 3.70. The molecule has 1 aliphatic carbocycles. The lowest BCUT2D eigenvalue weighted by atomic mass is 9.96. The normalized spacial score (nSPS) is 15.4. The lowest BCUT2D eigenvalue weighted by molar-refractivity contribution is -0.121. The van der Waals surface area contributed by atoms with Crippen LogP contribution in [0.4, 0.5) is 11.5 Å². The number of Topliss-reactive ketones (excluding diaryl/α,β-unsaturated/α-hetero) is 1. The van der Waals surface area contributed by atoms with E-state index < -0.39 is 5.41 Å². The van der Waals surface area contributed by atoms with Crippen LogP contribution in [0, 0.1) is 16.7 Å². The molecule has 0 unspecified atom stereocenters. The molecule has 8 heteroatoms. The fourth-order valence-corrected chi connectivity index (χ4v) is 3.97. The molecule has 0 bridgehead atoms. The highest BCUT2D eigenvalue weighted by Gasteiger charge is 2.49. The Labute approximate surface area is 188 Å². The van der Waals surface area contributed by atoms with Gasteiger partial charge in [-0.15, -0.1) is 0 Å². The van der Waals surface area contributed by atoms with Crippen LogP contribution in [0.15, 0.2) is 58.3 Å². The number of carbonyl (C=O) groups excluding carboxylic acids is 2. The maximum Gasteiger partial charge on any atom is 0.291 e. The summed E-state index contributed by atoms with van der Waals surface area (Å²) in [7, 11) is 0. The molecule has 3 heterocycles. The molecule has 1 saturated carbocycles. The summed E-state index contributed by atoms with van der Waals surface area (Å²) in [5, 5.41) is 12.5. The molecule has 1 N–H and O–H groups in total. The van der Waals surface area contributed by atoms with Gasteiger partial charge in [-0.25, -0.2) is 9.98 Å². The molecule has 158 valence electrons. The second-order valence-corrected chi connectivity index (χ2v) is 8.39. The first-order chi connectivity index (χ1) is 15.5. The number of nitriles is 1. The number of nitrogens with one attached hydrogen (secondary N) is 1. The third-order valence-corrected chi connectivity index (χ3v) is 6.07. The number of benzene rings is 1. The SMILES string of the molecule is N#CC1(C(=O)Cc2cnc3c(c2)CC(c2cc(NC(=O)c4ccco4)ccc2Cl)=N3)CC1. The topological polar surface area (TPSA) is 108 Å². The van der Waals surface area contributed by atoms with Crippen LogP contribution in [-0.2, 0) is 17.6 Å². The van der Waals surface area contributed by atoms with Gasteiger partial charge in [0.25, 0.3) is 5.91 Å². The van der Waals surface area contributed by atoms with Gasteiger partial charge in [0.1, 0.15) is 5.41 Å². The second-order valence-electron chi connectivity index (χ2n) is 7.98. The molecular formula is C24H17ClN4O3. The van der Waals surface area contributed by atoms with Crippen molar-refractivity contribution in [3.05, 3.63) is 76.3 Å². The molecule has 2 aromatic heterocycles. The van der Waals surface area contributed by atoms with Gasteiger partial charge in [0.05, 0.1) is 18.0 Å². The molecular weight excluding hydrogens is 428 g/mol. The van der Waals surface area contributed by atoms with Crippen LogP contribution >= 0.6 is 11.6 Å². The Morgan fingerprint density at radius 3 is 2.81 bits per heavy atom. The summed E-state index contributed by atoms with van der Waals surface area (Å²) in [6, 6.07) is 12.5. The number of furan rings is 1. The molecule has 0 spiro atoms. The number of amides is 1. The molecule has 5 rings (SSSR count). The van der Waals surface area contributed by atoms with E-state index in [-0.39, 0.29) is 23.9 Å². The Kier molecular flexibility index (Phi) is 4.87. The van der Waals surface area contributed by atoms with Gasteiger partial charge < -0.3 is 9.73 Å². The standard InChI is InChI=1S/C24H17ClN4O3/c25-18-4-3-16(28-23(31)20-2-1-7-32-20)11-17(18)19-10-15-8-14(12-27-22(15)29-19)9-21(30)24(13-26)5-6-24/h1-4,7-8,11-12H,5-6,9-10H2,(H,28,31). The summed E-state index contributed by atoms with van der Waals surface area (Å²) in [5.41, 5.74) is 2.86. The number of halogens is 1. The predicted octanol–water partition coefficient (Wildman–Crippen LogP) is 4.67. The number of ketones is 1. The second kappa shape index (κ2) is 7.74. The first-order valence-electron chi connectivity index (χ1n) is 10.1. The van der Waals surface area contributed by atoms with E-state index in [0.29, 0.717) is 41.4 Å². The van der Waals surface area contributed by atoms with Crippen molar-refractivity contribution in [1.29, 1.82) is 5.26 Å². The van der Waals surface area contributed by atoms with Crippen LogP contribution in [0.3, 0.4) is 0 Å². The Morgan fingerprint density at radius 2 is 2.09 bits per heavy atom. The van der Waals surface area contributed by atoms with Crippen molar-refractivity contribution in [3.8, 4) is 6.07 Å². The first kappa shape index (κ1) is 20.2. The molecule has 1 amide bonds. The number of hydrogen-bond donors (Lipinski definition) is 1. The summed E-state index contributed by atoms with van der Waals surface area (Å²) in [5.74, 6) is 0.382. The number of aromatic nitrogens is 1. The number of nitrogens with zero attached hydrogens (tertiary/aromatic N) is 3. The van der Waals surface area contributed by atoms with Crippen molar-refractivity contribution in [2.24, 2.45) is 10.4 Å². The molecule has 32 heavy (non-hydrogen) atoms. The van der Waals surface area contributed by atoms with E-state index in [1.165, 1.54) is 6.26 Å². The van der Waals surface area contributed by atoms with Gasteiger partial charge in [-0.05, 0) is 54.8 Å². The molecule has 7 nitrogen and oxygen atoms in total. The third-order valence-electron chi connectivity index (χ3n) is 5.74. The van der Waals surface area contributed by atoms with Gasteiger partial charge in [-0.1, -0.05) is 11.6 Å². The molecule has 3 aromatic rings. The van der Waals surface area contributed by atoms with E-state index in [1.807, 2.05) is 6.07 Å². The Balaban J connectivity index is 1.34. The van der Waals surface area contributed by atoms with Crippen molar-refractivity contribution in [1.82, 2.24) is 4.98 Å². The maximum absolute atomic E-state index is 12.4. The van der Waals surface area contributed by atoms with Crippen molar-refractivity contribution < 1.29 is 14.0 Å². The van der Waals surface area contributed by atoms with E-state index in [2.05, 4.69) is 21.4 Å². The monoisotopic (exact) mass is 444 g/mol. The number of fused-ring (bicyclic) bond motifs is 1. The molecule has 0 saturated heterocycles. The van der Waals surface area contributed by atoms with Gasteiger partial charge >= 0.3 is 0 Å². The van der Waals surface area contributed by atoms with Gasteiger partial charge in [-0.2, -0.15) is 5.26 Å². The number of carbonyl (C=O) groups is 2. The van der Waals surface area contributed by atoms with Gasteiger partial charge in [0.15, 0.2) is 17.4 Å². The number of hydrogen-bond acceptors (Lipinski definition) is 6. The summed E-state index contributed by atoms with van der Waals surface area (Å²) in [6.45, 7) is 0. The average Bonchev–Trinajstić information content (AvgIpc) is 3.19. The molecule has 1 fully saturated rings. The van der Waals surface area contributed by atoms with E-state index in [4.69, 9.17) is 16.0 Å². The van der Waals surface area contributed by atoms with E-state index >= 15 is 0 Å². The first-order valence-corrected chi connectivity index (χ1v) is 10.5. The van der Waals surface area contributed by atoms with Crippen LogP contribution in [0.5, 0.6) is 0 Å². The largest absolute Gasteiger partial charge is 0.459 e. The summed E-state index contributed by atoms with van der Waals surface area (Å²) in [6.07, 6.45) is 5.05. The fourth-order valence-electron chi connectivity index (χ4n) is 3.74. The predicted molar refractivity (Wildman–Crippen MR) is 118 cm³/mol.